The van der Waals surface area contributed by atoms with Crippen molar-refractivity contribution in [3.05, 3.63) is 23.9 Å². The summed E-state index contributed by atoms with van der Waals surface area (Å²) in [6.07, 6.45) is 4.42. The molecule has 1 unspecified atom stereocenters. The number of carbonyl (C=O) groups is 1. The number of nitrogens with zero attached hydrogens (tertiary/aromatic N) is 3. The van der Waals surface area contributed by atoms with Crippen molar-refractivity contribution in [2.24, 2.45) is 16.6 Å². The molecule has 0 saturated carbocycles. The molecule has 2 rings (SSSR count). The minimum absolute atomic E-state index is 0. The number of anilines is 1. The number of nitrogens with two attached hydrogens (primary N) is 1. The SMILES string of the molecule is CCC(C)NC(=NC)NCc1cccnc1N1CCC(C(N)=O)CC1.I. The summed E-state index contributed by atoms with van der Waals surface area (Å²) >= 11 is 0. The summed E-state index contributed by atoms with van der Waals surface area (Å²) in [6.45, 7) is 6.52. The third-order valence-electron chi connectivity index (χ3n) is 4.73. The lowest BCUT2D eigenvalue weighted by molar-refractivity contribution is -0.122. The van der Waals surface area contributed by atoms with Gasteiger partial charge in [0.25, 0.3) is 0 Å². The Hall–Kier alpha value is -1.58. The lowest BCUT2D eigenvalue weighted by Crippen LogP contribution is -2.42. The zero-order valence-corrected chi connectivity index (χ0v) is 18.2. The van der Waals surface area contributed by atoms with E-state index in [-0.39, 0.29) is 35.8 Å². The van der Waals surface area contributed by atoms with Crippen LogP contribution in [0.15, 0.2) is 23.3 Å². The highest BCUT2D eigenvalue weighted by atomic mass is 127. The molecule has 7 nitrogen and oxygen atoms in total. The maximum atomic E-state index is 11.3. The van der Waals surface area contributed by atoms with Gasteiger partial charge in [-0.3, -0.25) is 9.79 Å². The Balaban J connectivity index is 0.00000338. The molecule has 1 amide bonds. The average molecular weight is 474 g/mol. The number of aliphatic imine (C=N–C) groups is 1. The average Bonchev–Trinajstić information content (AvgIpc) is 2.65. The Morgan fingerprint density at radius 1 is 1.46 bits per heavy atom. The van der Waals surface area contributed by atoms with Gasteiger partial charge in [-0.2, -0.15) is 0 Å². The van der Waals surface area contributed by atoms with Gasteiger partial charge < -0.3 is 21.3 Å². The fourth-order valence-corrected chi connectivity index (χ4v) is 2.94. The molecule has 0 aromatic carbocycles. The summed E-state index contributed by atoms with van der Waals surface area (Å²) in [5, 5.41) is 6.71. The van der Waals surface area contributed by atoms with Crippen molar-refractivity contribution in [1.82, 2.24) is 15.6 Å². The van der Waals surface area contributed by atoms with E-state index in [2.05, 4.69) is 45.4 Å². The standard InChI is InChI=1S/C18H30N6O.HI/c1-4-13(2)23-18(20-3)22-12-15-6-5-9-21-17(15)24-10-7-14(8-11-24)16(19)25;/h5-6,9,13-14H,4,7-8,10-12H2,1-3H3,(H2,19,25)(H2,20,22,23);1H. The summed E-state index contributed by atoms with van der Waals surface area (Å²) in [5.74, 6) is 1.55. The van der Waals surface area contributed by atoms with Crippen LogP contribution in [-0.4, -0.2) is 43.0 Å². The number of halogens is 1. The molecule has 4 N–H and O–H groups in total. The first-order valence-corrected chi connectivity index (χ1v) is 9.00. The lowest BCUT2D eigenvalue weighted by atomic mass is 9.96. The highest BCUT2D eigenvalue weighted by molar-refractivity contribution is 14.0. The van der Waals surface area contributed by atoms with Gasteiger partial charge in [-0.15, -0.1) is 24.0 Å². The van der Waals surface area contributed by atoms with Crippen LogP contribution < -0.4 is 21.3 Å². The topological polar surface area (TPSA) is 95.6 Å². The molecule has 2 heterocycles. The largest absolute Gasteiger partial charge is 0.369 e. The minimum atomic E-state index is -0.192. The van der Waals surface area contributed by atoms with E-state index in [0.29, 0.717) is 12.6 Å². The number of nitrogens with one attached hydrogen (secondary N) is 2. The molecule has 0 radical (unpaired) electrons. The Morgan fingerprint density at radius 2 is 2.15 bits per heavy atom. The first-order valence-electron chi connectivity index (χ1n) is 9.00. The van der Waals surface area contributed by atoms with Crippen LogP contribution in [-0.2, 0) is 11.3 Å². The molecule has 0 spiro atoms. The van der Waals surface area contributed by atoms with Crippen LogP contribution in [0.25, 0.3) is 0 Å². The molecule has 1 aromatic heterocycles. The molecule has 146 valence electrons. The van der Waals surface area contributed by atoms with Crippen LogP contribution in [0.5, 0.6) is 0 Å². The van der Waals surface area contributed by atoms with Crippen molar-refractivity contribution in [3.63, 3.8) is 0 Å². The summed E-state index contributed by atoms with van der Waals surface area (Å²) in [6, 6.07) is 4.39. The van der Waals surface area contributed by atoms with E-state index in [1.54, 1.807) is 7.05 Å². The molecule has 1 aliphatic rings. The smallest absolute Gasteiger partial charge is 0.220 e. The van der Waals surface area contributed by atoms with E-state index >= 15 is 0 Å². The number of pyridine rings is 1. The third-order valence-corrected chi connectivity index (χ3v) is 4.73. The van der Waals surface area contributed by atoms with Gasteiger partial charge in [0.15, 0.2) is 5.96 Å². The fourth-order valence-electron chi connectivity index (χ4n) is 2.94. The molecule has 1 fully saturated rings. The number of carbonyl (C=O) groups excluding carboxylic acids is 1. The summed E-state index contributed by atoms with van der Waals surface area (Å²) in [7, 11) is 1.77. The maximum absolute atomic E-state index is 11.3. The molecule has 1 saturated heterocycles. The first kappa shape index (κ1) is 22.5. The highest BCUT2D eigenvalue weighted by Gasteiger charge is 2.24. The van der Waals surface area contributed by atoms with Crippen molar-refractivity contribution >= 4 is 41.7 Å². The van der Waals surface area contributed by atoms with Gasteiger partial charge in [0.2, 0.25) is 5.91 Å². The summed E-state index contributed by atoms with van der Waals surface area (Å²) in [4.78, 5) is 22.4. The number of guanidine groups is 1. The Bertz CT molecular complexity index is 601. The van der Waals surface area contributed by atoms with Crippen molar-refractivity contribution in [1.29, 1.82) is 0 Å². The van der Waals surface area contributed by atoms with E-state index < -0.39 is 0 Å². The number of rotatable bonds is 6. The molecular weight excluding hydrogens is 443 g/mol. The Kier molecular flexibility index (Phi) is 9.68. The molecule has 1 aromatic rings. The van der Waals surface area contributed by atoms with Gasteiger partial charge in [-0.25, -0.2) is 4.98 Å². The van der Waals surface area contributed by atoms with Gasteiger partial charge in [0.1, 0.15) is 5.82 Å². The van der Waals surface area contributed by atoms with Crippen molar-refractivity contribution < 1.29 is 4.79 Å². The molecule has 0 aliphatic carbocycles. The second-order valence-electron chi connectivity index (χ2n) is 6.53. The van der Waals surface area contributed by atoms with E-state index in [4.69, 9.17) is 5.73 Å². The number of hydrogen-bond acceptors (Lipinski definition) is 4. The molecule has 0 bridgehead atoms. The number of hydrogen-bond donors (Lipinski definition) is 3. The van der Waals surface area contributed by atoms with Gasteiger partial charge in [-0.05, 0) is 32.3 Å². The molecule has 1 atom stereocenters. The maximum Gasteiger partial charge on any atom is 0.220 e. The fraction of sp³-hybridized carbons (Fsp3) is 0.611. The molecular formula is C18H31IN6O. The van der Waals surface area contributed by atoms with Crippen molar-refractivity contribution in [3.8, 4) is 0 Å². The van der Waals surface area contributed by atoms with E-state index in [1.165, 1.54) is 0 Å². The third kappa shape index (κ3) is 6.30. The second-order valence-corrected chi connectivity index (χ2v) is 6.53. The van der Waals surface area contributed by atoms with Crippen LogP contribution in [0.4, 0.5) is 5.82 Å². The first-order chi connectivity index (χ1) is 12.0. The Labute approximate surface area is 173 Å². The number of amides is 1. The summed E-state index contributed by atoms with van der Waals surface area (Å²) < 4.78 is 0. The van der Waals surface area contributed by atoms with Gasteiger partial charge >= 0.3 is 0 Å². The van der Waals surface area contributed by atoms with Crippen LogP contribution in [0, 0.1) is 5.92 Å². The zero-order chi connectivity index (χ0) is 18.2. The molecule has 1 aliphatic heterocycles. The lowest BCUT2D eigenvalue weighted by Gasteiger charge is -2.32. The van der Waals surface area contributed by atoms with Crippen LogP contribution in [0.3, 0.4) is 0 Å². The van der Waals surface area contributed by atoms with Gasteiger partial charge in [0, 0.05) is 50.4 Å². The van der Waals surface area contributed by atoms with E-state index in [9.17, 15) is 4.79 Å². The molecule has 26 heavy (non-hydrogen) atoms. The number of primary amides is 1. The normalized spacial score (nSPS) is 16.6. The second kappa shape index (κ2) is 11.2. The predicted molar refractivity (Wildman–Crippen MR) is 117 cm³/mol. The van der Waals surface area contributed by atoms with E-state index in [0.717, 1.165) is 49.7 Å². The van der Waals surface area contributed by atoms with Gasteiger partial charge in [0.05, 0.1) is 0 Å². The van der Waals surface area contributed by atoms with Crippen molar-refractivity contribution in [2.75, 3.05) is 25.0 Å². The van der Waals surface area contributed by atoms with Crippen LogP contribution >= 0.6 is 24.0 Å². The van der Waals surface area contributed by atoms with Gasteiger partial charge in [-0.1, -0.05) is 13.0 Å². The van der Waals surface area contributed by atoms with E-state index in [1.807, 2.05) is 12.3 Å². The zero-order valence-electron chi connectivity index (χ0n) is 15.9. The predicted octanol–water partition coefficient (Wildman–Crippen LogP) is 1.86. The van der Waals surface area contributed by atoms with Crippen LogP contribution in [0.2, 0.25) is 0 Å². The van der Waals surface area contributed by atoms with Crippen molar-refractivity contribution in [2.45, 2.75) is 45.7 Å². The van der Waals surface area contributed by atoms with Crippen LogP contribution in [0.1, 0.15) is 38.7 Å². The molecule has 8 heteroatoms. The Morgan fingerprint density at radius 3 is 2.73 bits per heavy atom. The highest BCUT2D eigenvalue weighted by Crippen LogP contribution is 2.24. The minimum Gasteiger partial charge on any atom is -0.369 e. The summed E-state index contributed by atoms with van der Waals surface area (Å²) in [5.41, 5.74) is 6.54. The monoisotopic (exact) mass is 474 g/mol. The quantitative estimate of drug-likeness (QED) is 0.333. The number of piperidine rings is 1. The number of aromatic nitrogens is 1.